The minimum Gasteiger partial charge on any atom is -0.462 e. The first kappa shape index (κ1) is 51.5. The smallest absolute Gasteiger partial charge is 0.327 e. The SMILES string of the molecule is CCCCCCCCC=CCCCCCCCC(=O)OCC(COP(C)(=O)OCCN(C)C)OC(=O)CCCCCCCC=CCCCCCCCC. The molecular formula is C44H84NO7P. The van der Waals surface area contributed by atoms with Crippen LogP contribution in [0.5, 0.6) is 0 Å². The summed E-state index contributed by atoms with van der Waals surface area (Å²) in [5, 5.41) is 0. The average Bonchev–Trinajstić information content (AvgIpc) is 3.12. The van der Waals surface area contributed by atoms with E-state index >= 15 is 0 Å². The summed E-state index contributed by atoms with van der Waals surface area (Å²) >= 11 is 0. The molecule has 312 valence electrons. The highest BCUT2D eigenvalue weighted by molar-refractivity contribution is 7.52. The van der Waals surface area contributed by atoms with E-state index < -0.39 is 13.7 Å². The second-order valence-electron chi connectivity index (χ2n) is 15.2. The van der Waals surface area contributed by atoms with Gasteiger partial charge in [0.1, 0.15) is 6.61 Å². The Kier molecular flexibility index (Phi) is 37.7. The van der Waals surface area contributed by atoms with Crippen molar-refractivity contribution >= 4 is 19.5 Å². The van der Waals surface area contributed by atoms with Gasteiger partial charge in [-0.3, -0.25) is 14.2 Å². The highest BCUT2D eigenvalue weighted by Gasteiger charge is 2.24. The van der Waals surface area contributed by atoms with Crippen molar-refractivity contribution in [2.45, 2.75) is 200 Å². The number of ether oxygens (including phenoxy) is 2. The van der Waals surface area contributed by atoms with Crippen molar-refractivity contribution < 1.29 is 32.7 Å². The first-order chi connectivity index (χ1) is 25.7. The molecule has 0 aliphatic rings. The van der Waals surface area contributed by atoms with E-state index in [2.05, 4.69) is 38.2 Å². The van der Waals surface area contributed by atoms with Gasteiger partial charge in [-0.25, -0.2) is 0 Å². The van der Waals surface area contributed by atoms with Crippen LogP contribution in [0.1, 0.15) is 194 Å². The van der Waals surface area contributed by atoms with E-state index in [-0.39, 0.29) is 31.8 Å². The Morgan fingerprint density at radius 3 is 1.38 bits per heavy atom. The van der Waals surface area contributed by atoms with Gasteiger partial charge >= 0.3 is 19.5 Å². The Bertz CT molecular complexity index is 939. The zero-order chi connectivity index (χ0) is 39.1. The number of allylic oxidation sites excluding steroid dienone is 4. The lowest BCUT2D eigenvalue weighted by Gasteiger charge is -2.21. The van der Waals surface area contributed by atoms with Crippen LogP contribution in [0.25, 0.3) is 0 Å². The molecule has 0 rings (SSSR count). The summed E-state index contributed by atoms with van der Waals surface area (Å²) < 4.78 is 35.0. The van der Waals surface area contributed by atoms with E-state index in [4.69, 9.17) is 18.5 Å². The monoisotopic (exact) mass is 770 g/mol. The van der Waals surface area contributed by atoms with Gasteiger partial charge in [0.2, 0.25) is 0 Å². The summed E-state index contributed by atoms with van der Waals surface area (Å²) in [6.45, 7) is 6.49. The Balaban J connectivity index is 4.32. The zero-order valence-electron chi connectivity index (χ0n) is 35.3. The molecule has 53 heavy (non-hydrogen) atoms. The summed E-state index contributed by atoms with van der Waals surface area (Å²) in [7, 11) is 0.448. The minimum absolute atomic E-state index is 0.125. The van der Waals surface area contributed by atoms with Gasteiger partial charge in [0.05, 0.1) is 13.2 Å². The first-order valence-electron chi connectivity index (χ1n) is 21.9. The fraction of sp³-hybridized carbons (Fsp3) is 0.864. The number of unbranched alkanes of at least 4 members (excludes halogenated alkanes) is 22. The van der Waals surface area contributed by atoms with Crippen LogP contribution in [0, 0.1) is 0 Å². The minimum atomic E-state index is -3.36. The Labute approximate surface area is 327 Å². The van der Waals surface area contributed by atoms with Crippen molar-refractivity contribution in [2.75, 3.05) is 47.1 Å². The van der Waals surface area contributed by atoms with E-state index in [9.17, 15) is 14.2 Å². The number of rotatable bonds is 40. The van der Waals surface area contributed by atoms with E-state index in [0.29, 0.717) is 19.4 Å². The second kappa shape index (κ2) is 38.8. The number of carbonyl (C=O) groups is 2. The van der Waals surface area contributed by atoms with Crippen LogP contribution in [0.4, 0.5) is 0 Å². The van der Waals surface area contributed by atoms with Gasteiger partial charge < -0.3 is 23.4 Å². The number of likely N-dealkylation sites (N-methyl/N-ethyl adjacent to an activating group) is 1. The van der Waals surface area contributed by atoms with Crippen LogP contribution in [-0.2, 0) is 32.7 Å². The normalized spacial score (nSPS) is 13.6. The molecule has 0 saturated heterocycles. The number of nitrogens with zero attached hydrogens (tertiary/aromatic N) is 1. The molecule has 2 unspecified atom stereocenters. The summed E-state index contributed by atoms with van der Waals surface area (Å²) in [5.74, 6) is -0.674. The topological polar surface area (TPSA) is 91.4 Å². The zero-order valence-corrected chi connectivity index (χ0v) is 36.2. The third-order valence-corrected chi connectivity index (χ3v) is 10.6. The highest BCUT2D eigenvalue weighted by Crippen LogP contribution is 2.43. The van der Waals surface area contributed by atoms with Crippen LogP contribution >= 0.6 is 7.60 Å². The molecule has 0 aromatic carbocycles. The Morgan fingerprint density at radius 2 is 0.943 bits per heavy atom. The molecule has 0 saturated carbocycles. The molecule has 0 spiro atoms. The number of hydrogen-bond donors (Lipinski definition) is 0. The summed E-state index contributed by atoms with van der Waals surface area (Å²) in [4.78, 5) is 27.1. The predicted octanol–water partition coefficient (Wildman–Crippen LogP) is 12.9. The van der Waals surface area contributed by atoms with Gasteiger partial charge in [-0.1, -0.05) is 141 Å². The molecule has 2 atom stereocenters. The quantitative estimate of drug-likeness (QED) is 0.0263. The number of hydrogen-bond acceptors (Lipinski definition) is 8. The molecule has 0 aliphatic carbocycles. The molecule has 0 fully saturated rings. The maximum atomic E-state index is 12.8. The van der Waals surface area contributed by atoms with Crippen LogP contribution in [0.15, 0.2) is 24.3 Å². The molecule has 8 nitrogen and oxygen atoms in total. The van der Waals surface area contributed by atoms with Crippen molar-refractivity contribution in [3.8, 4) is 0 Å². The van der Waals surface area contributed by atoms with Gasteiger partial charge in [0, 0.05) is 26.1 Å². The van der Waals surface area contributed by atoms with Crippen LogP contribution in [0.2, 0.25) is 0 Å². The van der Waals surface area contributed by atoms with Crippen molar-refractivity contribution in [1.29, 1.82) is 0 Å². The molecule has 0 aromatic rings. The molecular weight excluding hydrogens is 685 g/mol. The molecule has 0 bridgehead atoms. The lowest BCUT2D eigenvalue weighted by atomic mass is 10.1. The van der Waals surface area contributed by atoms with Crippen LogP contribution in [-0.4, -0.2) is 70.1 Å². The maximum absolute atomic E-state index is 12.8. The van der Waals surface area contributed by atoms with Crippen molar-refractivity contribution in [3.05, 3.63) is 24.3 Å². The van der Waals surface area contributed by atoms with Crippen molar-refractivity contribution in [3.63, 3.8) is 0 Å². The predicted molar refractivity (Wildman–Crippen MR) is 224 cm³/mol. The lowest BCUT2D eigenvalue weighted by molar-refractivity contribution is -0.161. The third kappa shape index (κ3) is 40.0. The first-order valence-corrected chi connectivity index (χ1v) is 23.9. The fourth-order valence-electron chi connectivity index (χ4n) is 5.94. The second-order valence-corrected chi connectivity index (χ2v) is 17.2. The molecule has 0 aliphatic heterocycles. The van der Waals surface area contributed by atoms with Gasteiger partial charge in [-0.05, 0) is 78.3 Å². The highest BCUT2D eigenvalue weighted by atomic mass is 31.2. The number of esters is 2. The molecule has 0 amide bonds. The standard InChI is InChI=1S/C44H84NO7P/c1-6-8-10-12-14-16-18-20-22-24-26-28-30-32-34-36-43(46)49-40-42(41-51-53(5,48)50-39-38-45(3)4)52-44(47)37-35-33-31-29-27-25-23-21-19-17-15-13-11-9-7-2/h20-23,42H,6-19,24-41H2,1-5H3. The van der Waals surface area contributed by atoms with E-state index in [0.717, 1.165) is 64.2 Å². The van der Waals surface area contributed by atoms with E-state index in [1.807, 2.05) is 19.0 Å². The van der Waals surface area contributed by atoms with Gasteiger partial charge in [-0.15, -0.1) is 0 Å². The van der Waals surface area contributed by atoms with Gasteiger partial charge in [0.25, 0.3) is 0 Å². The average molecular weight is 770 g/mol. The molecule has 0 heterocycles. The molecule has 0 aromatic heterocycles. The molecule has 0 N–H and O–H groups in total. The van der Waals surface area contributed by atoms with Crippen molar-refractivity contribution in [1.82, 2.24) is 4.90 Å². The number of carbonyl (C=O) groups excluding carboxylic acids is 2. The molecule has 0 radical (unpaired) electrons. The van der Waals surface area contributed by atoms with Gasteiger partial charge in [-0.2, -0.15) is 0 Å². The summed E-state index contributed by atoms with van der Waals surface area (Å²) in [5.41, 5.74) is 0. The van der Waals surface area contributed by atoms with Crippen LogP contribution < -0.4 is 0 Å². The largest absolute Gasteiger partial charge is 0.462 e. The fourth-order valence-corrected chi connectivity index (χ4v) is 6.87. The summed E-state index contributed by atoms with van der Waals surface area (Å²) in [6.07, 6.45) is 40.1. The summed E-state index contributed by atoms with van der Waals surface area (Å²) in [6, 6.07) is 0. The van der Waals surface area contributed by atoms with E-state index in [1.165, 1.54) is 109 Å². The van der Waals surface area contributed by atoms with E-state index in [1.54, 1.807) is 0 Å². The third-order valence-electron chi connectivity index (χ3n) is 9.37. The van der Waals surface area contributed by atoms with Crippen molar-refractivity contribution in [2.24, 2.45) is 0 Å². The van der Waals surface area contributed by atoms with Gasteiger partial charge in [0.15, 0.2) is 6.10 Å². The Hall–Kier alpha value is -1.47. The maximum Gasteiger partial charge on any atom is 0.327 e. The Morgan fingerprint density at radius 1 is 0.547 bits per heavy atom. The van der Waals surface area contributed by atoms with Crippen LogP contribution in [0.3, 0.4) is 0 Å². The lowest BCUT2D eigenvalue weighted by Crippen LogP contribution is -2.29. The molecule has 9 heteroatoms.